The molecule has 0 heterocycles. The molecule has 0 aliphatic heterocycles. The second kappa shape index (κ2) is 7.74. The largest absolute Gasteiger partial charge is 0.490 e. The van der Waals surface area contributed by atoms with Crippen LogP contribution in [0.1, 0.15) is 22.8 Å². The predicted octanol–water partition coefficient (Wildman–Crippen LogP) is 5.14. The molecule has 0 aliphatic carbocycles. The van der Waals surface area contributed by atoms with Crippen molar-refractivity contribution in [3.05, 3.63) is 56.2 Å². The minimum atomic E-state index is -0.333. The Hall–Kier alpha value is -1.40. The highest BCUT2D eigenvalue weighted by molar-refractivity contribution is 9.13. The minimum Gasteiger partial charge on any atom is -0.490 e. The summed E-state index contributed by atoms with van der Waals surface area (Å²) < 4.78 is 26.0. The number of rotatable bonds is 6. The van der Waals surface area contributed by atoms with E-state index in [2.05, 4.69) is 31.9 Å². The standard InChI is InChI=1S/C16H13Br2FO3/c1-2-21-13-7-11(8-20)14(17)15(18)16(13)22-9-10-5-3-4-6-12(10)19/h3-8H,2,9H2,1H3. The summed E-state index contributed by atoms with van der Waals surface area (Å²) in [6, 6.07) is 7.98. The molecular formula is C16H13Br2FO3. The number of carbonyl (C=O) groups excluding carboxylic acids is 1. The van der Waals surface area contributed by atoms with Gasteiger partial charge in [-0.1, -0.05) is 18.2 Å². The van der Waals surface area contributed by atoms with E-state index < -0.39 is 0 Å². The van der Waals surface area contributed by atoms with Gasteiger partial charge in [0.25, 0.3) is 0 Å². The van der Waals surface area contributed by atoms with Crippen molar-refractivity contribution < 1.29 is 18.7 Å². The molecule has 0 bridgehead atoms. The zero-order valence-electron chi connectivity index (χ0n) is 11.7. The van der Waals surface area contributed by atoms with E-state index in [0.717, 1.165) is 6.29 Å². The van der Waals surface area contributed by atoms with Gasteiger partial charge in [-0.15, -0.1) is 0 Å². The zero-order valence-corrected chi connectivity index (χ0v) is 14.9. The highest BCUT2D eigenvalue weighted by atomic mass is 79.9. The molecule has 0 N–H and O–H groups in total. The number of carbonyl (C=O) groups is 1. The third kappa shape index (κ3) is 3.67. The monoisotopic (exact) mass is 430 g/mol. The summed E-state index contributed by atoms with van der Waals surface area (Å²) in [5.41, 5.74) is 0.876. The highest BCUT2D eigenvalue weighted by Crippen LogP contribution is 2.42. The summed E-state index contributed by atoms with van der Waals surface area (Å²) >= 11 is 6.71. The molecule has 0 atom stereocenters. The molecule has 0 unspecified atom stereocenters. The summed E-state index contributed by atoms with van der Waals surface area (Å²) in [5, 5.41) is 0. The molecule has 3 nitrogen and oxygen atoms in total. The first kappa shape index (κ1) is 17.0. The topological polar surface area (TPSA) is 35.5 Å². The lowest BCUT2D eigenvalue weighted by molar-refractivity contribution is 0.112. The van der Waals surface area contributed by atoms with E-state index in [0.29, 0.717) is 38.2 Å². The number of halogens is 3. The maximum atomic E-state index is 13.7. The van der Waals surface area contributed by atoms with Gasteiger partial charge in [0.05, 0.1) is 11.1 Å². The molecule has 0 fully saturated rings. The first-order chi connectivity index (χ1) is 10.6. The molecule has 0 aromatic heterocycles. The quantitative estimate of drug-likeness (QED) is 0.594. The summed E-state index contributed by atoms with van der Waals surface area (Å²) in [7, 11) is 0. The van der Waals surface area contributed by atoms with Gasteiger partial charge < -0.3 is 9.47 Å². The van der Waals surface area contributed by atoms with E-state index in [1.807, 2.05) is 6.92 Å². The van der Waals surface area contributed by atoms with E-state index in [1.54, 1.807) is 24.3 Å². The van der Waals surface area contributed by atoms with E-state index in [1.165, 1.54) is 6.07 Å². The number of aldehydes is 1. The Morgan fingerprint density at radius 1 is 1.18 bits per heavy atom. The molecule has 0 amide bonds. The molecule has 2 aromatic carbocycles. The van der Waals surface area contributed by atoms with Crippen LogP contribution < -0.4 is 9.47 Å². The van der Waals surface area contributed by atoms with Gasteiger partial charge in [-0.3, -0.25) is 4.79 Å². The van der Waals surface area contributed by atoms with Crippen LogP contribution in [0.4, 0.5) is 4.39 Å². The molecule has 0 radical (unpaired) electrons. The average molecular weight is 432 g/mol. The molecular weight excluding hydrogens is 419 g/mol. The Morgan fingerprint density at radius 2 is 1.91 bits per heavy atom. The van der Waals surface area contributed by atoms with Crippen molar-refractivity contribution in [1.29, 1.82) is 0 Å². The Morgan fingerprint density at radius 3 is 2.55 bits per heavy atom. The fourth-order valence-corrected chi connectivity index (χ4v) is 2.78. The maximum absolute atomic E-state index is 13.7. The Balaban J connectivity index is 2.35. The van der Waals surface area contributed by atoms with Crippen LogP contribution in [-0.4, -0.2) is 12.9 Å². The molecule has 0 saturated heterocycles. The van der Waals surface area contributed by atoms with Crippen LogP contribution in [0.2, 0.25) is 0 Å². The summed E-state index contributed by atoms with van der Waals surface area (Å²) in [6.07, 6.45) is 0.720. The average Bonchev–Trinajstić information content (AvgIpc) is 2.52. The third-order valence-corrected chi connectivity index (χ3v) is 5.06. The highest BCUT2D eigenvalue weighted by Gasteiger charge is 2.17. The second-order valence-electron chi connectivity index (χ2n) is 4.35. The van der Waals surface area contributed by atoms with Crippen molar-refractivity contribution in [3.63, 3.8) is 0 Å². The van der Waals surface area contributed by atoms with E-state index in [-0.39, 0.29) is 12.4 Å². The Bertz CT molecular complexity index is 689. The molecule has 116 valence electrons. The first-order valence-electron chi connectivity index (χ1n) is 6.54. The van der Waals surface area contributed by atoms with Crippen molar-refractivity contribution in [2.45, 2.75) is 13.5 Å². The second-order valence-corrected chi connectivity index (χ2v) is 5.94. The Kier molecular flexibility index (Phi) is 5.97. The van der Waals surface area contributed by atoms with Gasteiger partial charge in [-0.25, -0.2) is 4.39 Å². The SMILES string of the molecule is CCOc1cc(C=O)c(Br)c(Br)c1OCc1ccccc1F. The van der Waals surface area contributed by atoms with Gasteiger partial charge in [0.1, 0.15) is 12.4 Å². The number of ether oxygens (including phenoxy) is 2. The lowest BCUT2D eigenvalue weighted by Crippen LogP contribution is -2.03. The molecule has 0 saturated carbocycles. The van der Waals surface area contributed by atoms with Crippen LogP contribution in [0, 0.1) is 5.82 Å². The molecule has 0 aliphatic rings. The van der Waals surface area contributed by atoms with Crippen LogP contribution in [0.3, 0.4) is 0 Å². The van der Waals surface area contributed by atoms with Gasteiger partial charge in [0, 0.05) is 15.6 Å². The number of benzene rings is 2. The maximum Gasteiger partial charge on any atom is 0.177 e. The fourth-order valence-electron chi connectivity index (χ4n) is 1.85. The molecule has 22 heavy (non-hydrogen) atoms. The number of hydrogen-bond acceptors (Lipinski definition) is 3. The molecule has 2 aromatic rings. The van der Waals surface area contributed by atoms with Gasteiger partial charge in [-0.2, -0.15) is 0 Å². The predicted molar refractivity (Wildman–Crippen MR) is 89.1 cm³/mol. The lowest BCUT2D eigenvalue weighted by atomic mass is 10.2. The van der Waals surface area contributed by atoms with E-state index >= 15 is 0 Å². The first-order valence-corrected chi connectivity index (χ1v) is 8.13. The van der Waals surface area contributed by atoms with Crippen molar-refractivity contribution >= 4 is 38.1 Å². The van der Waals surface area contributed by atoms with Gasteiger partial charge in [-0.05, 0) is 50.9 Å². The van der Waals surface area contributed by atoms with E-state index in [4.69, 9.17) is 9.47 Å². The third-order valence-electron chi connectivity index (χ3n) is 2.91. The summed E-state index contributed by atoms with van der Waals surface area (Å²) in [5.74, 6) is 0.513. The van der Waals surface area contributed by atoms with Gasteiger partial charge in [0.15, 0.2) is 17.8 Å². The molecule has 0 spiro atoms. The Labute approximate surface area is 144 Å². The lowest BCUT2D eigenvalue weighted by Gasteiger charge is -2.16. The normalized spacial score (nSPS) is 10.4. The van der Waals surface area contributed by atoms with Crippen molar-refractivity contribution in [3.8, 4) is 11.5 Å². The fraction of sp³-hybridized carbons (Fsp3) is 0.188. The van der Waals surface area contributed by atoms with Gasteiger partial charge >= 0.3 is 0 Å². The van der Waals surface area contributed by atoms with Crippen molar-refractivity contribution in [1.82, 2.24) is 0 Å². The van der Waals surface area contributed by atoms with Crippen LogP contribution in [0.15, 0.2) is 39.3 Å². The zero-order chi connectivity index (χ0) is 16.1. The van der Waals surface area contributed by atoms with Crippen LogP contribution in [0.5, 0.6) is 11.5 Å². The number of hydrogen-bond donors (Lipinski definition) is 0. The van der Waals surface area contributed by atoms with E-state index in [9.17, 15) is 9.18 Å². The van der Waals surface area contributed by atoms with Crippen LogP contribution in [-0.2, 0) is 6.61 Å². The van der Waals surface area contributed by atoms with Crippen molar-refractivity contribution in [2.24, 2.45) is 0 Å². The van der Waals surface area contributed by atoms with Crippen LogP contribution >= 0.6 is 31.9 Å². The van der Waals surface area contributed by atoms with Crippen molar-refractivity contribution in [2.75, 3.05) is 6.61 Å². The van der Waals surface area contributed by atoms with Gasteiger partial charge in [0.2, 0.25) is 0 Å². The van der Waals surface area contributed by atoms with Crippen LogP contribution in [0.25, 0.3) is 0 Å². The summed E-state index contributed by atoms with van der Waals surface area (Å²) in [4.78, 5) is 11.1. The smallest absolute Gasteiger partial charge is 0.177 e. The summed E-state index contributed by atoms with van der Waals surface area (Å²) in [6.45, 7) is 2.30. The molecule has 2 rings (SSSR count). The minimum absolute atomic E-state index is 0.0538. The molecule has 6 heteroatoms.